The van der Waals surface area contributed by atoms with Crippen LogP contribution in [0, 0.1) is 0 Å². The van der Waals surface area contributed by atoms with Crippen LogP contribution >= 0.6 is 23.2 Å². The van der Waals surface area contributed by atoms with Gasteiger partial charge in [-0.25, -0.2) is 9.97 Å². The first-order chi connectivity index (χ1) is 11.6. The van der Waals surface area contributed by atoms with Gasteiger partial charge in [0.2, 0.25) is 0 Å². The zero-order chi connectivity index (χ0) is 17.1. The van der Waals surface area contributed by atoms with Gasteiger partial charge in [-0.2, -0.15) is 0 Å². The van der Waals surface area contributed by atoms with Gasteiger partial charge in [0.25, 0.3) is 0 Å². The molecule has 3 aromatic rings. The number of nitrogens with zero attached hydrogens (tertiary/aromatic N) is 2. The summed E-state index contributed by atoms with van der Waals surface area (Å²) < 4.78 is 0. The summed E-state index contributed by atoms with van der Waals surface area (Å²) in [5.41, 5.74) is 5.82. The highest BCUT2D eigenvalue weighted by Crippen LogP contribution is 2.39. The molecular weight excluding hydrogens is 343 g/mol. The van der Waals surface area contributed by atoms with Crippen LogP contribution in [0.1, 0.15) is 0 Å². The summed E-state index contributed by atoms with van der Waals surface area (Å²) in [6.45, 7) is 0. The maximum atomic E-state index is 6.12. The molecule has 2 N–H and O–H groups in total. The Balaban J connectivity index is 2.28. The predicted molar refractivity (Wildman–Crippen MR) is 102 cm³/mol. The molecule has 0 unspecified atom stereocenters. The van der Waals surface area contributed by atoms with E-state index in [0.717, 1.165) is 33.6 Å². The molecule has 0 bridgehead atoms. The molecule has 0 saturated carbocycles. The second-order valence-corrected chi connectivity index (χ2v) is 5.93. The summed E-state index contributed by atoms with van der Waals surface area (Å²) in [6, 6.07) is 11.8. The Hall–Kier alpha value is -2.30. The molecule has 2 aromatic heterocycles. The molecule has 0 aliphatic heterocycles. The van der Waals surface area contributed by atoms with Crippen LogP contribution in [0.5, 0.6) is 0 Å². The Bertz CT molecular complexity index is 808. The third kappa shape index (κ3) is 3.16. The Morgan fingerprint density at radius 1 is 0.708 bits per heavy atom. The monoisotopic (exact) mass is 358 g/mol. The number of benzene rings is 1. The second kappa shape index (κ2) is 7.07. The number of rotatable bonds is 4. The molecule has 6 heteroatoms. The van der Waals surface area contributed by atoms with Crippen molar-refractivity contribution in [3.63, 3.8) is 0 Å². The SMILES string of the molecule is CNc1cnc(Cl)cc1-c1ccccc1-c1cc(Cl)ncc1NC. The van der Waals surface area contributed by atoms with E-state index in [2.05, 4.69) is 32.7 Å². The first-order valence-corrected chi connectivity index (χ1v) is 8.16. The van der Waals surface area contributed by atoms with E-state index in [0.29, 0.717) is 10.3 Å². The minimum absolute atomic E-state index is 0.445. The number of anilines is 2. The second-order valence-electron chi connectivity index (χ2n) is 5.15. The van der Waals surface area contributed by atoms with Crippen molar-refractivity contribution in [3.8, 4) is 22.3 Å². The van der Waals surface area contributed by atoms with E-state index >= 15 is 0 Å². The van der Waals surface area contributed by atoms with Crippen molar-refractivity contribution in [1.82, 2.24) is 9.97 Å². The van der Waals surface area contributed by atoms with Crippen LogP contribution in [0.4, 0.5) is 11.4 Å². The Morgan fingerprint density at radius 3 is 1.50 bits per heavy atom. The lowest BCUT2D eigenvalue weighted by molar-refractivity contribution is 1.30. The molecule has 24 heavy (non-hydrogen) atoms. The molecule has 0 fully saturated rings. The Morgan fingerprint density at radius 2 is 1.12 bits per heavy atom. The smallest absolute Gasteiger partial charge is 0.129 e. The summed E-state index contributed by atoms with van der Waals surface area (Å²) in [5, 5.41) is 7.22. The highest BCUT2D eigenvalue weighted by molar-refractivity contribution is 6.30. The fraction of sp³-hybridized carbons (Fsp3) is 0.111. The lowest BCUT2D eigenvalue weighted by Crippen LogP contribution is -1.97. The van der Waals surface area contributed by atoms with Gasteiger partial charge in [-0.3, -0.25) is 0 Å². The number of aromatic nitrogens is 2. The zero-order valence-electron chi connectivity index (χ0n) is 13.3. The molecule has 122 valence electrons. The van der Waals surface area contributed by atoms with Crippen LogP contribution in [0.25, 0.3) is 22.3 Å². The van der Waals surface area contributed by atoms with Gasteiger partial charge in [0, 0.05) is 25.2 Å². The van der Waals surface area contributed by atoms with Gasteiger partial charge in [0.05, 0.1) is 23.8 Å². The van der Waals surface area contributed by atoms with Gasteiger partial charge in [-0.15, -0.1) is 0 Å². The minimum atomic E-state index is 0.445. The van der Waals surface area contributed by atoms with E-state index in [4.69, 9.17) is 23.2 Å². The van der Waals surface area contributed by atoms with E-state index in [1.807, 2.05) is 38.4 Å². The van der Waals surface area contributed by atoms with E-state index < -0.39 is 0 Å². The minimum Gasteiger partial charge on any atom is -0.386 e. The number of hydrogen-bond acceptors (Lipinski definition) is 4. The highest BCUT2D eigenvalue weighted by atomic mass is 35.5. The van der Waals surface area contributed by atoms with Gasteiger partial charge in [-0.1, -0.05) is 47.5 Å². The van der Waals surface area contributed by atoms with Gasteiger partial charge in [0.15, 0.2) is 0 Å². The molecule has 2 heterocycles. The third-order valence-corrected chi connectivity index (χ3v) is 4.20. The van der Waals surface area contributed by atoms with Crippen LogP contribution in [0.3, 0.4) is 0 Å². The van der Waals surface area contributed by atoms with E-state index in [1.54, 1.807) is 12.4 Å². The number of halogens is 2. The van der Waals surface area contributed by atoms with Crippen molar-refractivity contribution in [1.29, 1.82) is 0 Å². The van der Waals surface area contributed by atoms with Gasteiger partial charge in [-0.05, 0) is 23.3 Å². The first kappa shape index (κ1) is 16.6. The molecule has 0 aliphatic carbocycles. The topological polar surface area (TPSA) is 49.8 Å². The highest BCUT2D eigenvalue weighted by Gasteiger charge is 2.14. The normalized spacial score (nSPS) is 10.5. The fourth-order valence-corrected chi connectivity index (χ4v) is 2.97. The lowest BCUT2D eigenvalue weighted by atomic mass is 9.94. The molecule has 0 amide bonds. The summed E-state index contributed by atoms with van der Waals surface area (Å²) >= 11 is 12.2. The zero-order valence-corrected chi connectivity index (χ0v) is 14.8. The largest absolute Gasteiger partial charge is 0.386 e. The standard InChI is InChI=1S/C18H16Cl2N4/c1-21-15-9-23-17(19)7-13(15)11-5-3-4-6-12(11)14-8-18(20)24-10-16(14)22-2/h3-10,21-22H,1-2H3. The van der Waals surface area contributed by atoms with Crippen LogP contribution in [0.2, 0.25) is 10.3 Å². The van der Waals surface area contributed by atoms with Crippen LogP contribution in [-0.4, -0.2) is 24.1 Å². The molecule has 0 radical (unpaired) electrons. The lowest BCUT2D eigenvalue weighted by Gasteiger charge is -2.16. The van der Waals surface area contributed by atoms with E-state index in [-0.39, 0.29) is 0 Å². The predicted octanol–water partition coefficient (Wildman–Crippen LogP) is 5.20. The molecule has 0 saturated heterocycles. The van der Waals surface area contributed by atoms with Crippen LogP contribution in [-0.2, 0) is 0 Å². The number of nitrogens with one attached hydrogen (secondary N) is 2. The molecular formula is C18H16Cl2N4. The first-order valence-electron chi connectivity index (χ1n) is 7.40. The molecule has 0 atom stereocenters. The van der Waals surface area contributed by atoms with Crippen molar-refractivity contribution in [2.45, 2.75) is 0 Å². The van der Waals surface area contributed by atoms with E-state index in [1.165, 1.54) is 0 Å². The molecule has 1 aromatic carbocycles. The quantitative estimate of drug-likeness (QED) is 0.629. The van der Waals surface area contributed by atoms with Gasteiger partial charge < -0.3 is 10.6 Å². The number of pyridine rings is 2. The Kier molecular flexibility index (Phi) is 4.88. The van der Waals surface area contributed by atoms with Crippen LogP contribution in [0.15, 0.2) is 48.8 Å². The molecule has 0 spiro atoms. The maximum absolute atomic E-state index is 6.12. The maximum Gasteiger partial charge on any atom is 0.129 e. The summed E-state index contributed by atoms with van der Waals surface area (Å²) in [7, 11) is 3.72. The van der Waals surface area contributed by atoms with Gasteiger partial charge >= 0.3 is 0 Å². The van der Waals surface area contributed by atoms with Crippen molar-refractivity contribution < 1.29 is 0 Å². The molecule has 3 rings (SSSR count). The third-order valence-electron chi connectivity index (χ3n) is 3.79. The average Bonchev–Trinajstić information content (AvgIpc) is 2.61. The fourth-order valence-electron chi connectivity index (χ4n) is 2.66. The van der Waals surface area contributed by atoms with Crippen molar-refractivity contribution in [3.05, 3.63) is 59.1 Å². The molecule has 4 nitrogen and oxygen atoms in total. The Labute approximate surface area is 150 Å². The summed E-state index contributed by atoms with van der Waals surface area (Å²) in [5.74, 6) is 0. The van der Waals surface area contributed by atoms with Crippen LogP contribution < -0.4 is 10.6 Å². The number of hydrogen-bond donors (Lipinski definition) is 2. The van der Waals surface area contributed by atoms with Crippen molar-refractivity contribution in [2.24, 2.45) is 0 Å². The average molecular weight is 359 g/mol. The van der Waals surface area contributed by atoms with Crippen molar-refractivity contribution in [2.75, 3.05) is 24.7 Å². The summed E-state index contributed by atoms with van der Waals surface area (Å²) in [6.07, 6.45) is 3.46. The van der Waals surface area contributed by atoms with E-state index in [9.17, 15) is 0 Å². The van der Waals surface area contributed by atoms with Crippen molar-refractivity contribution >= 4 is 34.6 Å². The summed E-state index contributed by atoms with van der Waals surface area (Å²) in [4.78, 5) is 8.29. The molecule has 0 aliphatic rings. The van der Waals surface area contributed by atoms with Gasteiger partial charge in [0.1, 0.15) is 10.3 Å².